The fraction of sp³-hybridized carbons (Fsp3) is 0.375. The molecule has 0 fully saturated rings. The molecule has 0 bridgehead atoms. The summed E-state index contributed by atoms with van der Waals surface area (Å²) in [5, 5.41) is 23.0. The van der Waals surface area contributed by atoms with Crippen molar-refractivity contribution in [3.05, 3.63) is 80.3 Å². The number of nitrogens with one attached hydrogen (secondary N) is 2. The van der Waals surface area contributed by atoms with Crippen LogP contribution in [0.3, 0.4) is 0 Å². The Morgan fingerprint density at radius 1 is 1.06 bits per heavy atom. The minimum absolute atomic E-state index is 0.0581. The molecule has 0 aliphatic rings. The van der Waals surface area contributed by atoms with Gasteiger partial charge in [0, 0.05) is 19.0 Å². The lowest BCUT2D eigenvalue weighted by atomic mass is 10.1. The molecule has 3 rings (SSSR count). The van der Waals surface area contributed by atoms with Crippen molar-refractivity contribution in [2.24, 2.45) is 0 Å². The van der Waals surface area contributed by atoms with Gasteiger partial charge in [-0.1, -0.05) is 53.8 Å². The van der Waals surface area contributed by atoms with Gasteiger partial charge in [-0.25, -0.2) is 0 Å². The highest BCUT2D eigenvalue weighted by Gasteiger charge is 2.10. The van der Waals surface area contributed by atoms with Gasteiger partial charge in [-0.2, -0.15) is 0 Å². The lowest BCUT2D eigenvalue weighted by Crippen LogP contribution is -2.39. The van der Waals surface area contributed by atoms with Gasteiger partial charge in [-0.15, -0.1) is 0 Å². The van der Waals surface area contributed by atoms with E-state index in [1.165, 1.54) is 5.56 Å². The average Bonchev–Trinajstić information content (AvgIpc) is 3.12. The van der Waals surface area contributed by atoms with Crippen LogP contribution in [0.1, 0.15) is 22.9 Å². The van der Waals surface area contributed by atoms with Gasteiger partial charge in [0.15, 0.2) is 0 Å². The predicted octanol–water partition coefficient (Wildman–Crippen LogP) is 2.71. The van der Waals surface area contributed by atoms with E-state index in [0.29, 0.717) is 37.7 Å². The van der Waals surface area contributed by atoms with E-state index in [4.69, 9.17) is 9.47 Å². The lowest BCUT2D eigenvalue weighted by Gasteiger charge is -2.18. The minimum atomic E-state index is -0.576. The Labute approximate surface area is 191 Å². The van der Waals surface area contributed by atoms with Crippen molar-refractivity contribution in [1.82, 2.24) is 10.3 Å². The van der Waals surface area contributed by atoms with Gasteiger partial charge in [-0.05, 0) is 36.6 Å². The van der Waals surface area contributed by atoms with Crippen LogP contribution in [0.4, 0.5) is 0 Å². The summed E-state index contributed by atoms with van der Waals surface area (Å²) in [7, 11) is 0. The third-order valence-electron chi connectivity index (χ3n) is 4.88. The van der Waals surface area contributed by atoms with Gasteiger partial charge >= 0.3 is 4.87 Å². The van der Waals surface area contributed by atoms with Crippen molar-refractivity contribution < 1.29 is 19.7 Å². The first-order chi connectivity index (χ1) is 15.5. The zero-order valence-corrected chi connectivity index (χ0v) is 18.9. The molecule has 0 spiro atoms. The number of rotatable bonds is 13. The molecule has 4 N–H and O–H groups in total. The highest BCUT2D eigenvalue weighted by molar-refractivity contribution is 7.09. The number of aliphatic hydroxyl groups is 1. The maximum absolute atomic E-state index is 11.3. The topological polar surface area (TPSA) is 104 Å². The molecular weight excluding hydrogens is 428 g/mol. The SMILES string of the molecule is CC(COc1ccc(Cc2sc(=O)[nH]c2O)cc1)NCC(O)COCCc1ccccc1. The van der Waals surface area contributed by atoms with Crippen molar-refractivity contribution in [2.45, 2.75) is 31.9 Å². The Morgan fingerprint density at radius 2 is 1.81 bits per heavy atom. The molecule has 2 atom stereocenters. The predicted molar refractivity (Wildman–Crippen MR) is 126 cm³/mol. The van der Waals surface area contributed by atoms with Crippen LogP contribution in [0.5, 0.6) is 11.6 Å². The molecule has 1 aromatic heterocycles. The maximum Gasteiger partial charge on any atom is 0.307 e. The van der Waals surface area contributed by atoms with E-state index in [0.717, 1.165) is 29.1 Å². The number of ether oxygens (including phenoxy) is 2. The lowest BCUT2D eigenvalue weighted by molar-refractivity contribution is 0.0364. The van der Waals surface area contributed by atoms with Gasteiger partial charge in [0.05, 0.1) is 24.2 Å². The zero-order valence-electron chi connectivity index (χ0n) is 18.1. The number of hydrogen-bond acceptors (Lipinski definition) is 7. The molecule has 8 heteroatoms. The van der Waals surface area contributed by atoms with E-state index in [1.54, 1.807) is 0 Å². The second-order valence-electron chi connectivity index (χ2n) is 7.69. The summed E-state index contributed by atoms with van der Waals surface area (Å²) in [5.74, 6) is 0.669. The van der Waals surface area contributed by atoms with Crippen LogP contribution in [0.25, 0.3) is 0 Å². The smallest absolute Gasteiger partial charge is 0.307 e. The third-order valence-corrected chi connectivity index (χ3v) is 5.75. The number of benzene rings is 2. The van der Waals surface area contributed by atoms with E-state index in [1.807, 2.05) is 49.4 Å². The molecule has 0 saturated carbocycles. The second kappa shape index (κ2) is 12.4. The Kier molecular flexibility index (Phi) is 9.30. The molecule has 2 aromatic carbocycles. The molecule has 0 radical (unpaired) electrons. The molecule has 2 unspecified atom stereocenters. The van der Waals surface area contributed by atoms with Crippen LogP contribution in [0.2, 0.25) is 0 Å². The van der Waals surface area contributed by atoms with Crippen molar-refractivity contribution in [2.75, 3.05) is 26.4 Å². The van der Waals surface area contributed by atoms with Crippen LogP contribution in [0, 0.1) is 0 Å². The fourth-order valence-corrected chi connectivity index (χ4v) is 3.85. The summed E-state index contributed by atoms with van der Waals surface area (Å²) in [4.78, 5) is 14.0. The second-order valence-corrected chi connectivity index (χ2v) is 8.76. The number of thiazole rings is 1. The summed E-state index contributed by atoms with van der Waals surface area (Å²) >= 11 is 1.01. The van der Waals surface area contributed by atoms with Gasteiger partial charge in [0.1, 0.15) is 12.4 Å². The number of hydrogen-bond donors (Lipinski definition) is 4. The Morgan fingerprint density at radius 3 is 2.50 bits per heavy atom. The molecule has 1 heterocycles. The first-order valence-corrected chi connectivity index (χ1v) is 11.5. The van der Waals surface area contributed by atoms with Gasteiger partial charge in [0.25, 0.3) is 0 Å². The number of aromatic hydroxyl groups is 1. The van der Waals surface area contributed by atoms with Crippen LogP contribution in [-0.2, 0) is 17.6 Å². The summed E-state index contributed by atoms with van der Waals surface area (Å²) < 4.78 is 11.4. The number of H-pyrrole nitrogens is 1. The van der Waals surface area contributed by atoms with Crippen LogP contribution in [-0.4, -0.2) is 53.7 Å². The van der Waals surface area contributed by atoms with E-state index in [2.05, 4.69) is 22.4 Å². The molecule has 3 aromatic rings. The molecule has 172 valence electrons. The van der Waals surface area contributed by atoms with E-state index in [9.17, 15) is 15.0 Å². The first-order valence-electron chi connectivity index (χ1n) is 10.7. The van der Waals surface area contributed by atoms with Crippen LogP contribution < -0.4 is 14.9 Å². The van der Waals surface area contributed by atoms with Gasteiger partial charge in [0.2, 0.25) is 5.88 Å². The van der Waals surface area contributed by atoms with Crippen molar-refractivity contribution in [3.63, 3.8) is 0 Å². The standard InChI is InChI=1S/C24H30N2O5S/c1-17(25-14-20(27)16-30-12-11-18-5-3-2-4-6-18)15-31-21-9-7-19(8-10-21)13-22-23(28)26-24(29)32-22/h2-10,17,20,25,27-28H,11-16H2,1H3,(H,26,29). The molecule has 32 heavy (non-hydrogen) atoms. The average molecular weight is 459 g/mol. The van der Waals surface area contributed by atoms with Crippen LogP contribution >= 0.6 is 11.3 Å². The maximum atomic E-state index is 11.3. The van der Waals surface area contributed by atoms with Gasteiger partial charge < -0.3 is 25.0 Å². The quantitative estimate of drug-likeness (QED) is 0.294. The third kappa shape index (κ3) is 8.12. The minimum Gasteiger partial charge on any atom is -0.494 e. The van der Waals surface area contributed by atoms with Crippen molar-refractivity contribution in [3.8, 4) is 11.6 Å². The largest absolute Gasteiger partial charge is 0.494 e. The van der Waals surface area contributed by atoms with E-state index >= 15 is 0 Å². The zero-order chi connectivity index (χ0) is 22.8. The molecule has 0 saturated heterocycles. The highest BCUT2D eigenvalue weighted by Crippen LogP contribution is 2.21. The number of aromatic amines is 1. The Balaban J connectivity index is 1.30. The number of aliphatic hydroxyl groups excluding tert-OH is 1. The summed E-state index contributed by atoms with van der Waals surface area (Å²) in [6.07, 6.45) is 0.739. The Hall–Kier alpha value is -2.65. The number of aromatic nitrogens is 1. The van der Waals surface area contributed by atoms with E-state index < -0.39 is 6.10 Å². The van der Waals surface area contributed by atoms with Crippen LogP contribution in [0.15, 0.2) is 59.4 Å². The van der Waals surface area contributed by atoms with E-state index in [-0.39, 0.29) is 16.8 Å². The monoisotopic (exact) mass is 458 g/mol. The highest BCUT2D eigenvalue weighted by atomic mass is 32.1. The summed E-state index contributed by atoms with van der Waals surface area (Å²) in [6, 6.07) is 17.7. The molecule has 0 aliphatic carbocycles. The van der Waals surface area contributed by atoms with Crippen molar-refractivity contribution in [1.29, 1.82) is 0 Å². The van der Waals surface area contributed by atoms with Crippen molar-refractivity contribution >= 4 is 11.3 Å². The fourth-order valence-electron chi connectivity index (χ4n) is 3.09. The molecule has 7 nitrogen and oxygen atoms in total. The Bertz CT molecular complexity index is 988. The molecule has 0 aliphatic heterocycles. The first kappa shape index (κ1) is 24.0. The van der Waals surface area contributed by atoms with Gasteiger partial charge in [-0.3, -0.25) is 9.78 Å². The normalized spacial score (nSPS) is 13.1. The molecule has 0 amide bonds. The summed E-state index contributed by atoms with van der Waals surface area (Å²) in [6.45, 7) is 3.76. The summed E-state index contributed by atoms with van der Waals surface area (Å²) in [5.41, 5.74) is 2.20. The molecular formula is C24H30N2O5S.